The summed E-state index contributed by atoms with van der Waals surface area (Å²) in [7, 11) is 0. The van der Waals surface area contributed by atoms with Crippen molar-refractivity contribution in [2.24, 2.45) is 0 Å². The predicted molar refractivity (Wildman–Crippen MR) is 88.6 cm³/mol. The van der Waals surface area contributed by atoms with Gasteiger partial charge in [0.15, 0.2) is 11.6 Å². The van der Waals surface area contributed by atoms with E-state index in [4.69, 9.17) is 0 Å². The van der Waals surface area contributed by atoms with Crippen molar-refractivity contribution in [3.8, 4) is 5.69 Å². The van der Waals surface area contributed by atoms with Crippen LogP contribution in [0.15, 0.2) is 54.6 Å². The lowest BCUT2D eigenvalue weighted by molar-refractivity contribution is 0.0979. The molecule has 0 saturated heterocycles. The number of aromatic nitrogens is 1. The van der Waals surface area contributed by atoms with Crippen molar-refractivity contribution in [2.45, 2.75) is 13.8 Å². The molecule has 0 aliphatic heterocycles. The number of benzene rings is 2. The van der Waals surface area contributed by atoms with Gasteiger partial charge in [0.05, 0.1) is 0 Å². The summed E-state index contributed by atoms with van der Waals surface area (Å²) in [5, 5.41) is 0. The number of rotatable bonds is 1. The average Bonchev–Trinajstić information content (AvgIpc) is 2.91. The minimum absolute atomic E-state index is 0.0808. The van der Waals surface area contributed by atoms with Gasteiger partial charge in [-0.05, 0) is 44.2 Å². The molecule has 0 spiro atoms. The fourth-order valence-corrected chi connectivity index (χ4v) is 3.30. The summed E-state index contributed by atoms with van der Waals surface area (Å²) in [5.41, 5.74) is 5.05. The third-order valence-electron chi connectivity index (χ3n) is 4.44. The predicted octanol–water partition coefficient (Wildman–Crippen LogP) is 3.87. The lowest BCUT2D eigenvalue weighted by Gasteiger charge is -2.19. The van der Waals surface area contributed by atoms with Crippen LogP contribution in [0.4, 0.5) is 0 Å². The normalized spacial score (nSPS) is 13.0. The third-order valence-corrected chi connectivity index (χ3v) is 4.44. The Labute approximate surface area is 134 Å². The number of nitrogens with zero attached hydrogens (tertiary/aromatic N) is 1. The molecule has 3 heteroatoms. The maximum absolute atomic E-state index is 12.8. The Bertz CT molecular complexity index is 960. The van der Waals surface area contributed by atoms with Crippen LogP contribution in [0.3, 0.4) is 0 Å². The Balaban J connectivity index is 1.94. The first-order valence-electron chi connectivity index (χ1n) is 7.56. The highest BCUT2D eigenvalue weighted by molar-refractivity contribution is 6.28. The third kappa shape index (κ3) is 1.90. The lowest BCUT2D eigenvalue weighted by atomic mass is 9.84. The molecule has 1 aromatic heterocycles. The molecule has 23 heavy (non-hydrogen) atoms. The van der Waals surface area contributed by atoms with E-state index in [1.54, 1.807) is 30.3 Å². The van der Waals surface area contributed by atoms with E-state index in [1.165, 1.54) is 0 Å². The molecule has 3 aromatic rings. The summed E-state index contributed by atoms with van der Waals surface area (Å²) >= 11 is 0. The van der Waals surface area contributed by atoms with Crippen molar-refractivity contribution >= 4 is 11.6 Å². The van der Waals surface area contributed by atoms with Crippen LogP contribution < -0.4 is 0 Å². The molecule has 0 N–H and O–H groups in total. The summed E-state index contributed by atoms with van der Waals surface area (Å²) < 4.78 is 2.08. The first-order valence-corrected chi connectivity index (χ1v) is 7.56. The topological polar surface area (TPSA) is 39.1 Å². The van der Waals surface area contributed by atoms with Crippen molar-refractivity contribution in [1.29, 1.82) is 0 Å². The second-order valence-electron chi connectivity index (χ2n) is 5.89. The van der Waals surface area contributed by atoms with Gasteiger partial charge < -0.3 is 4.57 Å². The molecule has 1 aliphatic rings. The van der Waals surface area contributed by atoms with E-state index in [1.807, 2.05) is 38.1 Å². The van der Waals surface area contributed by atoms with Gasteiger partial charge in [-0.3, -0.25) is 9.59 Å². The van der Waals surface area contributed by atoms with Crippen LogP contribution in [0, 0.1) is 13.8 Å². The van der Waals surface area contributed by atoms with Crippen LogP contribution in [0.1, 0.15) is 43.2 Å². The molecule has 1 aliphatic carbocycles. The number of carbonyl (C=O) groups is 2. The Morgan fingerprint density at radius 1 is 0.652 bits per heavy atom. The second-order valence-corrected chi connectivity index (χ2v) is 5.89. The van der Waals surface area contributed by atoms with E-state index in [2.05, 4.69) is 4.57 Å². The minimum atomic E-state index is -0.0838. The molecule has 0 fully saturated rings. The highest BCUT2D eigenvalue weighted by Gasteiger charge is 2.29. The van der Waals surface area contributed by atoms with Crippen molar-refractivity contribution < 1.29 is 9.59 Å². The van der Waals surface area contributed by atoms with Crippen LogP contribution in [0.5, 0.6) is 0 Å². The summed E-state index contributed by atoms with van der Waals surface area (Å²) in [6.07, 6.45) is 0. The van der Waals surface area contributed by atoms with E-state index in [9.17, 15) is 9.59 Å². The Kier molecular flexibility index (Phi) is 2.85. The molecule has 2 aromatic carbocycles. The van der Waals surface area contributed by atoms with Crippen molar-refractivity contribution in [2.75, 3.05) is 0 Å². The van der Waals surface area contributed by atoms with E-state index >= 15 is 0 Å². The van der Waals surface area contributed by atoms with Crippen LogP contribution in [-0.4, -0.2) is 16.1 Å². The Morgan fingerprint density at radius 3 is 1.78 bits per heavy atom. The molecule has 1 heterocycles. The van der Waals surface area contributed by atoms with Crippen molar-refractivity contribution in [1.82, 2.24) is 4.57 Å². The standard InChI is InChI=1S/C20H15NO2/c1-12-7-8-13(2)21(12)14-9-10-17-18(11-14)20(23)16-6-4-3-5-15(16)19(17)22/h3-11H,1-2H3. The smallest absolute Gasteiger partial charge is 0.194 e. The summed E-state index contributed by atoms with van der Waals surface area (Å²) in [5.74, 6) is -0.165. The number of aryl methyl sites for hydroxylation is 2. The molecule has 0 saturated carbocycles. The van der Waals surface area contributed by atoms with Gasteiger partial charge in [-0.15, -0.1) is 0 Å². The fraction of sp³-hybridized carbons (Fsp3) is 0.100. The van der Waals surface area contributed by atoms with Crippen molar-refractivity contribution in [3.05, 3.63) is 88.2 Å². The summed E-state index contributed by atoms with van der Waals surface area (Å²) in [6, 6.07) is 16.6. The molecular weight excluding hydrogens is 286 g/mol. The number of fused-ring (bicyclic) bond motifs is 2. The largest absolute Gasteiger partial charge is 0.318 e. The van der Waals surface area contributed by atoms with E-state index in [-0.39, 0.29) is 11.6 Å². The second kappa shape index (κ2) is 4.78. The Hall–Kier alpha value is -2.94. The molecule has 0 bridgehead atoms. The highest BCUT2D eigenvalue weighted by atomic mass is 16.1. The Morgan fingerprint density at radius 2 is 1.17 bits per heavy atom. The van der Waals surface area contributed by atoms with Gasteiger partial charge in [0.1, 0.15) is 0 Å². The zero-order valence-electron chi connectivity index (χ0n) is 13.0. The number of carbonyl (C=O) groups excluding carboxylic acids is 2. The van der Waals surface area contributed by atoms with E-state index < -0.39 is 0 Å². The van der Waals surface area contributed by atoms with Gasteiger partial charge >= 0.3 is 0 Å². The molecule has 112 valence electrons. The molecule has 0 unspecified atom stereocenters. The van der Waals surface area contributed by atoms with Gasteiger partial charge in [-0.25, -0.2) is 0 Å². The molecular formula is C20H15NO2. The molecule has 0 atom stereocenters. The minimum Gasteiger partial charge on any atom is -0.318 e. The van der Waals surface area contributed by atoms with Gasteiger partial charge in [-0.1, -0.05) is 24.3 Å². The lowest BCUT2D eigenvalue weighted by Crippen LogP contribution is -2.21. The van der Waals surface area contributed by atoms with Crippen LogP contribution in [0.2, 0.25) is 0 Å². The number of ketones is 2. The van der Waals surface area contributed by atoms with Crippen LogP contribution in [-0.2, 0) is 0 Å². The maximum Gasteiger partial charge on any atom is 0.194 e. The first-order chi connectivity index (χ1) is 11.1. The van der Waals surface area contributed by atoms with Gasteiger partial charge in [0, 0.05) is 39.3 Å². The first kappa shape index (κ1) is 13.7. The number of hydrogen-bond acceptors (Lipinski definition) is 2. The van der Waals surface area contributed by atoms with Gasteiger partial charge in [0.2, 0.25) is 0 Å². The average molecular weight is 301 g/mol. The quantitative estimate of drug-likeness (QED) is 0.535. The van der Waals surface area contributed by atoms with Gasteiger partial charge in [-0.2, -0.15) is 0 Å². The molecule has 0 radical (unpaired) electrons. The summed E-state index contributed by atoms with van der Waals surface area (Å²) in [4.78, 5) is 25.4. The number of hydrogen-bond donors (Lipinski definition) is 0. The van der Waals surface area contributed by atoms with Crippen molar-refractivity contribution in [3.63, 3.8) is 0 Å². The maximum atomic E-state index is 12.8. The monoisotopic (exact) mass is 301 g/mol. The zero-order chi connectivity index (χ0) is 16.1. The van der Waals surface area contributed by atoms with E-state index in [0.717, 1.165) is 17.1 Å². The van der Waals surface area contributed by atoms with Crippen LogP contribution in [0.25, 0.3) is 5.69 Å². The molecule has 4 rings (SSSR count). The zero-order valence-corrected chi connectivity index (χ0v) is 13.0. The fourth-order valence-electron chi connectivity index (χ4n) is 3.30. The summed E-state index contributed by atoms with van der Waals surface area (Å²) in [6.45, 7) is 4.05. The van der Waals surface area contributed by atoms with Crippen LogP contribution >= 0.6 is 0 Å². The molecule has 3 nitrogen and oxygen atoms in total. The van der Waals surface area contributed by atoms with Gasteiger partial charge in [0.25, 0.3) is 0 Å². The van der Waals surface area contributed by atoms with E-state index in [0.29, 0.717) is 22.3 Å². The molecule has 0 amide bonds. The highest BCUT2D eigenvalue weighted by Crippen LogP contribution is 2.29. The SMILES string of the molecule is Cc1ccc(C)n1-c1ccc2c(c1)C(=O)c1ccccc1C2=O.